The first-order valence-corrected chi connectivity index (χ1v) is 5.95. The Bertz CT molecular complexity index is 631. The number of hydrogen-bond donors (Lipinski definition) is 1. The van der Waals surface area contributed by atoms with Crippen molar-refractivity contribution in [3.63, 3.8) is 0 Å². The van der Waals surface area contributed by atoms with Crippen LogP contribution in [0.5, 0.6) is 0 Å². The molecule has 5 heteroatoms. The summed E-state index contributed by atoms with van der Waals surface area (Å²) < 4.78 is 15.5. The van der Waals surface area contributed by atoms with Gasteiger partial charge in [-0.2, -0.15) is 5.10 Å². The van der Waals surface area contributed by atoms with Gasteiger partial charge in [0.2, 0.25) is 0 Å². The summed E-state index contributed by atoms with van der Waals surface area (Å²) in [7, 11) is 0. The lowest BCUT2D eigenvalue weighted by molar-refractivity contribution is 0.622. The predicted octanol–water partition coefficient (Wildman–Crippen LogP) is 2.57. The van der Waals surface area contributed by atoms with Crippen LogP contribution in [0.2, 0.25) is 0 Å². The Labute approximate surface area is 110 Å². The van der Waals surface area contributed by atoms with Crippen LogP contribution in [0, 0.1) is 26.6 Å². The third-order valence-electron chi connectivity index (χ3n) is 3.12. The first kappa shape index (κ1) is 12.7. The van der Waals surface area contributed by atoms with E-state index in [1.807, 2.05) is 20.8 Å². The molecule has 0 fully saturated rings. The Kier molecular flexibility index (Phi) is 3.17. The van der Waals surface area contributed by atoms with Gasteiger partial charge >= 0.3 is 0 Å². The number of hydrogen-bond acceptors (Lipinski definition) is 2. The molecule has 0 bridgehead atoms. The van der Waals surface area contributed by atoms with Crippen molar-refractivity contribution in [2.45, 2.75) is 20.8 Å². The normalized spacial score (nSPS) is 10.7. The van der Waals surface area contributed by atoms with Gasteiger partial charge in [0, 0.05) is 5.69 Å². The zero-order valence-electron chi connectivity index (χ0n) is 10.5. The Morgan fingerprint density at radius 2 is 2.00 bits per heavy atom. The number of benzene rings is 1. The van der Waals surface area contributed by atoms with Crippen molar-refractivity contribution in [3.8, 4) is 5.69 Å². The molecular weight excluding hydrogens is 249 g/mol. The second kappa shape index (κ2) is 4.49. The van der Waals surface area contributed by atoms with Crippen molar-refractivity contribution >= 4 is 17.2 Å². The summed E-state index contributed by atoms with van der Waals surface area (Å²) in [5.41, 5.74) is 9.35. The van der Waals surface area contributed by atoms with E-state index in [-0.39, 0.29) is 10.6 Å². The molecule has 1 heterocycles. The molecule has 0 aliphatic heterocycles. The highest BCUT2D eigenvalue weighted by Gasteiger charge is 2.16. The van der Waals surface area contributed by atoms with E-state index in [4.69, 9.17) is 18.0 Å². The zero-order valence-corrected chi connectivity index (χ0v) is 11.3. The highest BCUT2D eigenvalue weighted by atomic mass is 32.1. The van der Waals surface area contributed by atoms with Gasteiger partial charge in [-0.05, 0) is 38.5 Å². The second-order valence-corrected chi connectivity index (χ2v) is 4.65. The van der Waals surface area contributed by atoms with Crippen LogP contribution in [0.15, 0.2) is 18.2 Å². The number of aryl methyl sites for hydroxylation is 1. The number of rotatable bonds is 2. The van der Waals surface area contributed by atoms with Crippen molar-refractivity contribution in [3.05, 3.63) is 46.5 Å². The Morgan fingerprint density at radius 1 is 1.33 bits per heavy atom. The van der Waals surface area contributed by atoms with E-state index in [1.54, 1.807) is 16.8 Å². The van der Waals surface area contributed by atoms with Gasteiger partial charge in [0.25, 0.3) is 0 Å². The SMILES string of the molecule is Cc1nn(-c2cccc(F)c2C(N)=S)c(C)c1C. The van der Waals surface area contributed by atoms with Crippen LogP contribution in [0.25, 0.3) is 5.69 Å². The third kappa shape index (κ3) is 1.90. The van der Waals surface area contributed by atoms with Crippen molar-refractivity contribution in [1.29, 1.82) is 0 Å². The van der Waals surface area contributed by atoms with Crippen molar-refractivity contribution in [1.82, 2.24) is 9.78 Å². The topological polar surface area (TPSA) is 43.8 Å². The monoisotopic (exact) mass is 263 g/mol. The molecular formula is C13H14FN3S. The van der Waals surface area contributed by atoms with Crippen LogP contribution >= 0.6 is 12.2 Å². The average molecular weight is 263 g/mol. The second-order valence-electron chi connectivity index (χ2n) is 4.21. The molecule has 0 spiro atoms. The predicted molar refractivity (Wildman–Crippen MR) is 73.6 cm³/mol. The van der Waals surface area contributed by atoms with E-state index in [0.717, 1.165) is 17.0 Å². The highest BCUT2D eigenvalue weighted by Crippen LogP contribution is 2.22. The molecule has 0 radical (unpaired) electrons. The lowest BCUT2D eigenvalue weighted by Gasteiger charge is -2.11. The summed E-state index contributed by atoms with van der Waals surface area (Å²) in [5, 5.41) is 4.40. The maximum absolute atomic E-state index is 13.8. The molecule has 94 valence electrons. The summed E-state index contributed by atoms with van der Waals surface area (Å²) in [4.78, 5) is 0.0355. The minimum absolute atomic E-state index is 0.0355. The lowest BCUT2D eigenvalue weighted by atomic mass is 10.1. The Hall–Kier alpha value is -1.75. The van der Waals surface area contributed by atoms with Crippen LogP contribution in [0.4, 0.5) is 4.39 Å². The number of aromatic nitrogens is 2. The number of thiocarbonyl (C=S) groups is 1. The molecule has 1 aromatic heterocycles. The van der Waals surface area contributed by atoms with Gasteiger partial charge in [-0.3, -0.25) is 0 Å². The smallest absolute Gasteiger partial charge is 0.135 e. The highest BCUT2D eigenvalue weighted by molar-refractivity contribution is 7.80. The van der Waals surface area contributed by atoms with Crippen LogP contribution in [0.1, 0.15) is 22.5 Å². The maximum Gasteiger partial charge on any atom is 0.135 e. The van der Waals surface area contributed by atoms with Gasteiger partial charge in [-0.25, -0.2) is 9.07 Å². The Balaban J connectivity index is 2.75. The molecule has 2 N–H and O–H groups in total. The minimum atomic E-state index is -0.426. The van der Waals surface area contributed by atoms with E-state index in [1.165, 1.54) is 6.07 Å². The zero-order chi connectivity index (χ0) is 13.4. The molecule has 2 rings (SSSR count). The van der Waals surface area contributed by atoms with Crippen molar-refractivity contribution in [2.24, 2.45) is 5.73 Å². The van der Waals surface area contributed by atoms with E-state index in [2.05, 4.69) is 5.10 Å². The molecule has 0 aliphatic carbocycles. The molecule has 0 saturated heterocycles. The fourth-order valence-electron chi connectivity index (χ4n) is 1.89. The molecule has 3 nitrogen and oxygen atoms in total. The molecule has 2 aromatic rings. The fraction of sp³-hybridized carbons (Fsp3) is 0.231. The van der Waals surface area contributed by atoms with Crippen molar-refractivity contribution in [2.75, 3.05) is 0 Å². The Morgan fingerprint density at radius 3 is 2.50 bits per heavy atom. The van der Waals surface area contributed by atoms with Gasteiger partial charge in [0.15, 0.2) is 0 Å². The van der Waals surface area contributed by atoms with Gasteiger partial charge in [-0.1, -0.05) is 18.3 Å². The van der Waals surface area contributed by atoms with Crippen LogP contribution in [0.3, 0.4) is 0 Å². The molecule has 1 aromatic carbocycles. The lowest BCUT2D eigenvalue weighted by Crippen LogP contribution is -2.16. The molecule has 0 atom stereocenters. The summed E-state index contributed by atoms with van der Waals surface area (Å²) >= 11 is 4.92. The minimum Gasteiger partial charge on any atom is -0.389 e. The standard InChI is InChI=1S/C13H14FN3S/c1-7-8(2)16-17(9(7)3)11-6-4-5-10(14)12(11)13(15)18/h4-6H,1-3H3,(H2,15,18). The third-order valence-corrected chi connectivity index (χ3v) is 3.32. The number of nitrogens with zero attached hydrogens (tertiary/aromatic N) is 2. The van der Waals surface area contributed by atoms with Crippen LogP contribution < -0.4 is 5.73 Å². The van der Waals surface area contributed by atoms with Crippen LogP contribution in [-0.2, 0) is 0 Å². The van der Waals surface area contributed by atoms with Gasteiger partial charge in [0.05, 0.1) is 16.9 Å². The molecule has 0 unspecified atom stereocenters. The number of halogens is 1. The molecule has 0 saturated carbocycles. The van der Waals surface area contributed by atoms with Gasteiger partial charge in [-0.15, -0.1) is 0 Å². The van der Waals surface area contributed by atoms with E-state index in [0.29, 0.717) is 5.69 Å². The van der Waals surface area contributed by atoms with E-state index < -0.39 is 5.82 Å². The maximum atomic E-state index is 13.8. The quantitative estimate of drug-likeness (QED) is 0.847. The first-order valence-electron chi connectivity index (χ1n) is 5.55. The van der Waals surface area contributed by atoms with Gasteiger partial charge < -0.3 is 5.73 Å². The summed E-state index contributed by atoms with van der Waals surface area (Å²) in [6, 6.07) is 4.73. The summed E-state index contributed by atoms with van der Waals surface area (Å²) in [6.07, 6.45) is 0. The molecule has 0 aliphatic rings. The molecule has 18 heavy (non-hydrogen) atoms. The average Bonchev–Trinajstić information content (AvgIpc) is 2.56. The van der Waals surface area contributed by atoms with Crippen molar-refractivity contribution < 1.29 is 4.39 Å². The van der Waals surface area contributed by atoms with Crippen LogP contribution in [-0.4, -0.2) is 14.8 Å². The van der Waals surface area contributed by atoms with E-state index in [9.17, 15) is 4.39 Å². The fourth-order valence-corrected chi connectivity index (χ4v) is 2.09. The summed E-state index contributed by atoms with van der Waals surface area (Å²) in [6.45, 7) is 5.83. The molecule has 0 amide bonds. The largest absolute Gasteiger partial charge is 0.389 e. The number of nitrogens with two attached hydrogens (primary N) is 1. The summed E-state index contributed by atoms with van der Waals surface area (Å²) in [5.74, 6) is -0.426. The van der Waals surface area contributed by atoms with E-state index >= 15 is 0 Å². The first-order chi connectivity index (χ1) is 8.43. The van der Waals surface area contributed by atoms with Gasteiger partial charge in [0.1, 0.15) is 10.8 Å².